The molecule has 1 aliphatic carbocycles. The highest BCUT2D eigenvalue weighted by Crippen LogP contribution is 2.43. The zero-order valence-electron chi connectivity index (χ0n) is 13.6. The van der Waals surface area contributed by atoms with Crippen LogP contribution in [0.5, 0.6) is 0 Å². The van der Waals surface area contributed by atoms with Gasteiger partial charge in [0, 0.05) is 6.42 Å². The first-order valence-electron chi connectivity index (χ1n) is 8.26. The fourth-order valence-electron chi connectivity index (χ4n) is 2.92. The first-order valence-corrected chi connectivity index (χ1v) is 8.26. The number of ether oxygens (including phenoxy) is 3. The topological polar surface area (TPSA) is 85.2 Å². The minimum Gasteiger partial charge on any atom is -0.466 e. The van der Waals surface area contributed by atoms with Crippen LogP contribution in [0.15, 0.2) is 0 Å². The summed E-state index contributed by atoms with van der Waals surface area (Å²) in [6.45, 7) is 5.96. The molecule has 6 nitrogen and oxygen atoms in total. The Morgan fingerprint density at radius 2 is 2.05 bits per heavy atom. The molecule has 22 heavy (non-hydrogen) atoms. The lowest BCUT2D eigenvalue weighted by Crippen LogP contribution is -2.48. The van der Waals surface area contributed by atoms with Crippen molar-refractivity contribution in [1.29, 1.82) is 0 Å². The van der Waals surface area contributed by atoms with E-state index in [1.807, 2.05) is 13.8 Å². The van der Waals surface area contributed by atoms with Gasteiger partial charge >= 0.3 is 5.97 Å². The van der Waals surface area contributed by atoms with Crippen molar-refractivity contribution in [3.63, 3.8) is 0 Å². The number of hydrogen-bond acceptors (Lipinski definition) is 6. The van der Waals surface area contributed by atoms with Gasteiger partial charge < -0.3 is 24.4 Å². The second-order valence-electron chi connectivity index (χ2n) is 6.46. The fourth-order valence-corrected chi connectivity index (χ4v) is 2.92. The van der Waals surface area contributed by atoms with Crippen LogP contribution in [0.1, 0.15) is 46.5 Å². The normalized spacial score (nSPS) is 39.3. The molecule has 1 aliphatic heterocycles. The van der Waals surface area contributed by atoms with Crippen LogP contribution < -0.4 is 0 Å². The highest BCUT2D eigenvalue weighted by molar-refractivity contribution is 5.75. The molecule has 1 saturated heterocycles. The number of carbonyl (C=O) groups is 1. The van der Waals surface area contributed by atoms with E-state index in [0.29, 0.717) is 12.5 Å². The summed E-state index contributed by atoms with van der Waals surface area (Å²) in [7, 11) is 0. The molecule has 0 radical (unpaired) electrons. The largest absolute Gasteiger partial charge is 0.466 e. The number of carbonyl (C=O) groups excluding carboxylic acids is 1. The average Bonchev–Trinajstić information content (AvgIpc) is 3.22. The van der Waals surface area contributed by atoms with Crippen molar-refractivity contribution in [3.8, 4) is 0 Å². The summed E-state index contributed by atoms with van der Waals surface area (Å²) >= 11 is 0. The van der Waals surface area contributed by atoms with Crippen molar-refractivity contribution < 1.29 is 29.2 Å². The van der Waals surface area contributed by atoms with Crippen molar-refractivity contribution in [2.24, 2.45) is 11.8 Å². The third kappa shape index (κ3) is 4.65. The Kier molecular flexibility index (Phi) is 6.20. The van der Waals surface area contributed by atoms with Crippen LogP contribution in [0.2, 0.25) is 0 Å². The number of aliphatic hydroxyl groups excluding tert-OH is 2. The predicted molar refractivity (Wildman–Crippen MR) is 79.0 cm³/mol. The zero-order valence-corrected chi connectivity index (χ0v) is 13.6. The minimum absolute atomic E-state index is 0.0545. The summed E-state index contributed by atoms with van der Waals surface area (Å²) < 4.78 is 16.3. The first kappa shape index (κ1) is 17.7. The standard InChI is InChI=1S/C16H28O6/c1-4-20-15(19)12-7-11(12)6-5-9(2)21-16-14(18)8-13(17)10(3)22-16/h9-14,16-18H,4-8H2,1-3H3/t9-,10+,11-,12?,13?,14-,16?/m1/s1. The third-order valence-electron chi connectivity index (χ3n) is 4.51. The lowest BCUT2D eigenvalue weighted by molar-refractivity contribution is -0.273. The molecule has 0 spiro atoms. The number of rotatable bonds is 7. The van der Waals surface area contributed by atoms with Crippen LogP contribution >= 0.6 is 0 Å². The first-order chi connectivity index (χ1) is 10.4. The van der Waals surface area contributed by atoms with Crippen molar-refractivity contribution in [3.05, 3.63) is 0 Å². The molecule has 0 bridgehead atoms. The summed E-state index contributed by atoms with van der Waals surface area (Å²) in [6, 6.07) is 0. The van der Waals surface area contributed by atoms with Crippen LogP contribution in [0, 0.1) is 11.8 Å². The van der Waals surface area contributed by atoms with Gasteiger partial charge in [-0.3, -0.25) is 4.79 Å². The number of hydrogen-bond donors (Lipinski definition) is 2. The van der Waals surface area contributed by atoms with Gasteiger partial charge in [-0.1, -0.05) is 0 Å². The summed E-state index contributed by atoms with van der Waals surface area (Å²) in [5.41, 5.74) is 0. The molecule has 0 amide bonds. The van der Waals surface area contributed by atoms with E-state index in [9.17, 15) is 15.0 Å². The number of esters is 1. The molecule has 0 aromatic heterocycles. The smallest absolute Gasteiger partial charge is 0.309 e. The number of aliphatic hydroxyl groups is 2. The lowest BCUT2D eigenvalue weighted by Gasteiger charge is -2.36. The molecular formula is C16H28O6. The van der Waals surface area contributed by atoms with Gasteiger partial charge in [-0.05, 0) is 46.0 Å². The van der Waals surface area contributed by atoms with E-state index in [2.05, 4.69) is 0 Å². The van der Waals surface area contributed by atoms with Gasteiger partial charge in [0.25, 0.3) is 0 Å². The van der Waals surface area contributed by atoms with Crippen molar-refractivity contribution in [2.75, 3.05) is 6.61 Å². The zero-order chi connectivity index (χ0) is 16.3. The minimum atomic E-state index is -0.804. The molecule has 2 rings (SSSR count). The fraction of sp³-hybridized carbons (Fsp3) is 0.938. The maximum absolute atomic E-state index is 11.6. The monoisotopic (exact) mass is 316 g/mol. The van der Waals surface area contributed by atoms with Gasteiger partial charge in [0.15, 0.2) is 6.29 Å². The molecule has 6 heteroatoms. The van der Waals surface area contributed by atoms with E-state index in [0.717, 1.165) is 19.3 Å². The maximum Gasteiger partial charge on any atom is 0.309 e. The SMILES string of the molecule is CCOC(=O)C1C[C@H]1CC[C@@H](C)OC1O[C@@H](C)C(O)C[C@H]1O. The Hall–Kier alpha value is -0.690. The van der Waals surface area contributed by atoms with Crippen LogP contribution in [0.3, 0.4) is 0 Å². The van der Waals surface area contributed by atoms with E-state index in [1.54, 1.807) is 6.92 Å². The Morgan fingerprint density at radius 1 is 1.32 bits per heavy atom. The van der Waals surface area contributed by atoms with E-state index in [4.69, 9.17) is 14.2 Å². The summed E-state index contributed by atoms with van der Waals surface area (Å²) in [5, 5.41) is 19.5. The lowest BCUT2D eigenvalue weighted by atomic mass is 10.0. The van der Waals surface area contributed by atoms with Gasteiger partial charge in [-0.2, -0.15) is 0 Å². The molecule has 2 fully saturated rings. The molecule has 0 aromatic carbocycles. The molecule has 0 aromatic rings. The van der Waals surface area contributed by atoms with Crippen LogP contribution in [-0.2, 0) is 19.0 Å². The maximum atomic E-state index is 11.6. The molecule has 3 unspecified atom stereocenters. The average molecular weight is 316 g/mol. The molecule has 2 N–H and O–H groups in total. The van der Waals surface area contributed by atoms with Crippen molar-refractivity contribution >= 4 is 5.97 Å². The molecule has 7 atom stereocenters. The van der Waals surface area contributed by atoms with Gasteiger partial charge in [-0.15, -0.1) is 0 Å². The molecule has 128 valence electrons. The molecular weight excluding hydrogens is 288 g/mol. The van der Waals surface area contributed by atoms with Crippen LogP contribution in [0.25, 0.3) is 0 Å². The highest BCUT2D eigenvalue weighted by atomic mass is 16.7. The third-order valence-corrected chi connectivity index (χ3v) is 4.51. The predicted octanol–water partition coefficient (Wildman–Crippen LogP) is 1.23. The second-order valence-corrected chi connectivity index (χ2v) is 6.46. The Labute approximate surface area is 131 Å². The summed E-state index contributed by atoms with van der Waals surface area (Å²) in [6.07, 6.45) is 0.346. The molecule has 1 saturated carbocycles. The Morgan fingerprint density at radius 3 is 2.73 bits per heavy atom. The van der Waals surface area contributed by atoms with E-state index < -0.39 is 18.5 Å². The van der Waals surface area contributed by atoms with Gasteiger partial charge in [0.2, 0.25) is 0 Å². The van der Waals surface area contributed by atoms with Crippen LogP contribution in [-0.4, -0.2) is 53.5 Å². The molecule has 2 aliphatic rings. The van der Waals surface area contributed by atoms with E-state index >= 15 is 0 Å². The Bertz CT molecular complexity index is 374. The van der Waals surface area contributed by atoms with Gasteiger partial charge in [-0.25, -0.2) is 0 Å². The van der Waals surface area contributed by atoms with Gasteiger partial charge in [0.1, 0.15) is 6.10 Å². The van der Waals surface area contributed by atoms with Crippen molar-refractivity contribution in [2.45, 2.75) is 77.2 Å². The van der Waals surface area contributed by atoms with Gasteiger partial charge in [0.05, 0.1) is 30.8 Å². The summed E-state index contributed by atoms with van der Waals surface area (Å²) in [4.78, 5) is 11.6. The van der Waals surface area contributed by atoms with Crippen LogP contribution in [0.4, 0.5) is 0 Å². The van der Waals surface area contributed by atoms with E-state index in [1.165, 1.54) is 0 Å². The van der Waals surface area contributed by atoms with E-state index in [-0.39, 0.29) is 30.5 Å². The summed E-state index contributed by atoms with van der Waals surface area (Å²) in [5.74, 6) is 0.358. The Balaban J connectivity index is 1.66. The highest BCUT2D eigenvalue weighted by Gasteiger charge is 2.44. The van der Waals surface area contributed by atoms with Crippen molar-refractivity contribution in [1.82, 2.24) is 0 Å². The second kappa shape index (κ2) is 7.73. The quantitative estimate of drug-likeness (QED) is 0.687. The molecule has 1 heterocycles.